The Morgan fingerprint density at radius 2 is 2.07 bits per heavy atom. The number of rotatable bonds is 3. The van der Waals surface area contributed by atoms with Gasteiger partial charge >= 0.3 is 5.97 Å². The van der Waals surface area contributed by atoms with E-state index in [2.05, 4.69) is 0 Å². The molecule has 0 heterocycles. The zero-order valence-electron chi connectivity index (χ0n) is 8.45. The SMILES string of the molecule is Cc1ccccc1[C@@](C)(N)CC(=O)O. The molecule has 3 nitrogen and oxygen atoms in total. The van der Waals surface area contributed by atoms with Crippen LogP contribution in [-0.4, -0.2) is 11.1 Å². The predicted molar refractivity (Wildman–Crippen MR) is 55.0 cm³/mol. The number of hydrogen-bond acceptors (Lipinski definition) is 2. The molecule has 3 heteroatoms. The lowest BCUT2D eigenvalue weighted by atomic mass is 9.87. The molecule has 1 rings (SSSR count). The highest BCUT2D eigenvalue weighted by molar-refractivity contribution is 5.69. The van der Waals surface area contributed by atoms with Gasteiger partial charge in [0.25, 0.3) is 0 Å². The molecule has 0 fully saturated rings. The van der Waals surface area contributed by atoms with Gasteiger partial charge in [-0.15, -0.1) is 0 Å². The summed E-state index contributed by atoms with van der Waals surface area (Å²) in [5, 5.41) is 8.72. The number of carbonyl (C=O) groups is 1. The molecule has 0 saturated carbocycles. The lowest BCUT2D eigenvalue weighted by molar-refractivity contribution is -0.138. The van der Waals surface area contributed by atoms with Crippen molar-refractivity contribution >= 4 is 5.97 Å². The fraction of sp³-hybridized carbons (Fsp3) is 0.364. The Morgan fingerprint density at radius 1 is 1.50 bits per heavy atom. The third-order valence-electron chi connectivity index (χ3n) is 2.28. The van der Waals surface area contributed by atoms with Crippen molar-refractivity contribution in [3.05, 3.63) is 35.4 Å². The second-order valence-corrected chi connectivity index (χ2v) is 3.80. The summed E-state index contributed by atoms with van der Waals surface area (Å²) < 4.78 is 0. The van der Waals surface area contributed by atoms with E-state index in [1.54, 1.807) is 6.92 Å². The number of hydrogen-bond donors (Lipinski definition) is 2. The Kier molecular flexibility index (Phi) is 2.91. The minimum atomic E-state index is -0.877. The molecule has 1 atom stereocenters. The van der Waals surface area contributed by atoms with E-state index in [1.165, 1.54) is 0 Å². The van der Waals surface area contributed by atoms with Gasteiger partial charge in [-0.1, -0.05) is 24.3 Å². The van der Waals surface area contributed by atoms with Crippen LogP contribution in [0.1, 0.15) is 24.5 Å². The quantitative estimate of drug-likeness (QED) is 0.767. The van der Waals surface area contributed by atoms with E-state index in [1.807, 2.05) is 31.2 Å². The Bertz CT molecular complexity index is 345. The summed E-state index contributed by atoms with van der Waals surface area (Å²) in [6.45, 7) is 3.67. The normalized spacial score (nSPS) is 14.8. The van der Waals surface area contributed by atoms with E-state index in [0.717, 1.165) is 11.1 Å². The van der Waals surface area contributed by atoms with Gasteiger partial charge in [0.1, 0.15) is 0 Å². The smallest absolute Gasteiger partial charge is 0.305 e. The van der Waals surface area contributed by atoms with Gasteiger partial charge < -0.3 is 10.8 Å². The summed E-state index contributed by atoms with van der Waals surface area (Å²) in [6.07, 6.45) is -0.0577. The molecule has 1 aromatic rings. The van der Waals surface area contributed by atoms with Gasteiger partial charge in [-0.05, 0) is 25.0 Å². The van der Waals surface area contributed by atoms with Crippen LogP contribution in [0.3, 0.4) is 0 Å². The van der Waals surface area contributed by atoms with Crippen LogP contribution in [0, 0.1) is 6.92 Å². The van der Waals surface area contributed by atoms with Crippen LogP contribution in [0.4, 0.5) is 0 Å². The highest BCUT2D eigenvalue weighted by Crippen LogP contribution is 2.24. The van der Waals surface area contributed by atoms with Gasteiger partial charge in [-0.3, -0.25) is 4.79 Å². The molecule has 0 unspecified atom stereocenters. The van der Waals surface area contributed by atoms with E-state index in [9.17, 15) is 4.79 Å². The van der Waals surface area contributed by atoms with Crippen LogP contribution >= 0.6 is 0 Å². The maximum Gasteiger partial charge on any atom is 0.305 e. The summed E-state index contributed by atoms with van der Waals surface area (Å²) in [6, 6.07) is 7.59. The van der Waals surface area contributed by atoms with Crippen LogP contribution in [-0.2, 0) is 10.3 Å². The summed E-state index contributed by atoms with van der Waals surface area (Å²) in [4.78, 5) is 10.6. The largest absolute Gasteiger partial charge is 0.481 e. The van der Waals surface area contributed by atoms with Crippen LogP contribution in [0.25, 0.3) is 0 Å². The first-order chi connectivity index (χ1) is 6.43. The Morgan fingerprint density at radius 3 is 2.57 bits per heavy atom. The van der Waals surface area contributed by atoms with E-state index in [0.29, 0.717) is 0 Å². The van der Waals surface area contributed by atoms with Crippen molar-refractivity contribution in [2.45, 2.75) is 25.8 Å². The monoisotopic (exact) mass is 193 g/mol. The van der Waals surface area contributed by atoms with E-state index >= 15 is 0 Å². The molecule has 0 bridgehead atoms. The Labute approximate surface area is 83.6 Å². The molecular weight excluding hydrogens is 178 g/mol. The Hall–Kier alpha value is -1.35. The highest BCUT2D eigenvalue weighted by Gasteiger charge is 2.25. The van der Waals surface area contributed by atoms with Gasteiger partial charge in [0.2, 0.25) is 0 Å². The van der Waals surface area contributed by atoms with Crippen molar-refractivity contribution in [1.82, 2.24) is 0 Å². The van der Waals surface area contributed by atoms with Gasteiger partial charge in [0, 0.05) is 5.54 Å². The molecule has 0 radical (unpaired) electrons. The summed E-state index contributed by atoms with van der Waals surface area (Å²) in [5.41, 5.74) is 7.08. The minimum Gasteiger partial charge on any atom is -0.481 e. The maximum atomic E-state index is 10.6. The summed E-state index contributed by atoms with van der Waals surface area (Å²) >= 11 is 0. The zero-order valence-corrected chi connectivity index (χ0v) is 8.45. The van der Waals surface area contributed by atoms with Crippen LogP contribution in [0.2, 0.25) is 0 Å². The molecule has 0 aliphatic carbocycles. The third kappa shape index (κ3) is 2.33. The van der Waals surface area contributed by atoms with Crippen molar-refractivity contribution in [2.24, 2.45) is 5.73 Å². The number of carboxylic acid groups (broad SMARTS) is 1. The van der Waals surface area contributed by atoms with E-state index in [-0.39, 0.29) is 6.42 Å². The molecule has 0 saturated heterocycles. The molecule has 0 amide bonds. The molecule has 0 aromatic heterocycles. The molecule has 1 aromatic carbocycles. The zero-order chi connectivity index (χ0) is 10.8. The molecule has 0 spiro atoms. The standard InChI is InChI=1S/C11H15NO2/c1-8-5-3-4-6-9(8)11(2,12)7-10(13)14/h3-6H,7,12H2,1-2H3,(H,13,14)/t11-/m0/s1. The second-order valence-electron chi connectivity index (χ2n) is 3.80. The first-order valence-corrected chi connectivity index (χ1v) is 4.50. The molecule has 14 heavy (non-hydrogen) atoms. The highest BCUT2D eigenvalue weighted by atomic mass is 16.4. The van der Waals surface area contributed by atoms with Crippen molar-refractivity contribution < 1.29 is 9.90 Å². The van der Waals surface area contributed by atoms with E-state index < -0.39 is 11.5 Å². The third-order valence-corrected chi connectivity index (χ3v) is 2.28. The van der Waals surface area contributed by atoms with Crippen LogP contribution in [0.5, 0.6) is 0 Å². The molecule has 3 N–H and O–H groups in total. The van der Waals surface area contributed by atoms with Crippen molar-refractivity contribution in [2.75, 3.05) is 0 Å². The summed E-state index contributed by atoms with van der Waals surface area (Å²) in [7, 11) is 0. The van der Waals surface area contributed by atoms with Gasteiger partial charge in [-0.2, -0.15) is 0 Å². The number of aryl methyl sites for hydroxylation is 1. The fourth-order valence-electron chi connectivity index (χ4n) is 1.62. The average Bonchev–Trinajstić information content (AvgIpc) is 2.02. The lowest BCUT2D eigenvalue weighted by Crippen LogP contribution is -2.36. The van der Waals surface area contributed by atoms with Crippen molar-refractivity contribution in [3.63, 3.8) is 0 Å². The maximum absolute atomic E-state index is 10.6. The van der Waals surface area contributed by atoms with Crippen LogP contribution in [0.15, 0.2) is 24.3 Å². The van der Waals surface area contributed by atoms with Gasteiger partial charge in [0.15, 0.2) is 0 Å². The van der Waals surface area contributed by atoms with Crippen molar-refractivity contribution in [1.29, 1.82) is 0 Å². The number of benzene rings is 1. The van der Waals surface area contributed by atoms with Gasteiger partial charge in [0.05, 0.1) is 6.42 Å². The lowest BCUT2D eigenvalue weighted by Gasteiger charge is -2.24. The number of aliphatic carboxylic acids is 1. The van der Waals surface area contributed by atoms with E-state index in [4.69, 9.17) is 10.8 Å². The number of carboxylic acids is 1. The Balaban J connectivity index is 3.03. The topological polar surface area (TPSA) is 63.3 Å². The minimum absolute atomic E-state index is 0.0577. The average molecular weight is 193 g/mol. The van der Waals surface area contributed by atoms with Crippen molar-refractivity contribution in [3.8, 4) is 0 Å². The van der Waals surface area contributed by atoms with Crippen LogP contribution < -0.4 is 5.73 Å². The molecule has 0 aliphatic rings. The predicted octanol–water partition coefficient (Wildman–Crippen LogP) is 1.64. The summed E-state index contributed by atoms with van der Waals surface area (Å²) in [5.74, 6) is -0.877. The first-order valence-electron chi connectivity index (χ1n) is 4.50. The van der Waals surface area contributed by atoms with Gasteiger partial charge in [-0.25, -0.2) is 0 Å². The molecule has 76 valence electrons. The first kappa shape index (κ1) is 10.7. The second kappa shape index (κ2) is 3.80. The molecular formula is C11H15NO2. The molecule has 0 aliphatic heterocycles. The fourth-order valence-corrected chi connectivity index (χ4v) is 1.62. The number of nitrogens with two attached hydrogens (primary N) is 1.